The molecule has 0 rings (SSSR count). The monoisotopic (exact) mass is 231 g/mol. The van der Waals surface area contributed by atoms with E-state index in [2.05, 4.69) is 30.0 Å². The number of nitrogens with one attached hydrogen (secondary N) is 1. The first-order chi connectivity index (χ1) is 2.77. The molecule has 0 bridgehead atoms. The largest absolute Gasteiger partial charge is 1.00 e. The van der Waals surface area contributed by atoms with Crippen molar-refractivity contribution in [1.82, 2.24) is 0 Å². The predicted molar refractivity (Wildman–Crippen MR) is 31.5 cm³/mol. The normalized spacial score (nSPS) is 8.57. The van der Waals surface area contributed by atoms with E-state index in [0.717, 1.165) is 5.33 Å². The SMILES string of the molecule is C[NH+](C)CCBr.[Br-]. The molecule has 0 aromatic carbocycles. The molecule has 0 spiro atoms. The molecular formula is C4H11Br2N. The lowest BCUT2D eigenvalue weighted by atomic mass is 10.7. The molecule has 0 unspecified atom stereocenters. The van der Waals surface area contributed by atoms with Gasteiger partial charge in [-0.25, -0.2) is 0 Å². The minimum atomic E-state index is 0. The van der Waals surface area contributed by atoms with Crippen molar-refractivity contribution >= 4 is 15.9 Å². The van der Waals surface area contributed by atoms with E-state index in [1.165, 1.54) is 11.4 Å². The van der Waals surface area contributed by atoms with Crippen LogP contribution >= 0.6 is 15.9 Å². The first-order valence-corrected chi connectivity index (χ1v) is 3.24. The Morgan fingerprint density at radius 1 is 1.43 bits per heavy atom. The predicted octanol–water partition coefficient (Wildman–Crippen LogP) is -3.47. The van der Waals surface area contributed by atoms with Crippen LogP contribution in [0.2, 0.25) is 0 Å². The van der Waals surface area contributed by atoms with Crippen LogP contribution in [-0.2, 0) is 0 Å². The zero-order valence-corrected chi connectivity index (χ0v) is 7.84. The van der Waals surface area contributed by atoms with E-state index in [-0.39, 0.29) is 17.0 Å². The molecule has 1 nitrogen and oxygen atoms in total. The third-order valence-electron chi connectivity index (χ3n) is 0.594. The highest BCUT2D eigenvalue weighted by atomic mass is 79.9. The molecule has 0 aromatic heterocycles. The second-order valence-corrected chi connectivity index (χ2v) is 2.44. The maximum Gasteiger partial charge on any atom is 0.0865 e. The van der Waals surface area contributed by atoms with Gasteiger partial charge in [0.15, 0.2) is 0 Å². The van der Waals surface area contributed by atoms with E-state index >= 15 is 0 Å². The van der Waals surface area contributed by atoms with Gasteiger partial charge in [-0.1, -0.05) is 15.9 Å². The molecule has 0 saturated heterocycles. The highest BCUT2D eigenvalue weighted by Gasteiger charge is 1.84. The maximum atomic E-state index is 3.33. The number of halogens is 2. The van der Waals surface area contributed by atoms with Gasteiger partial charge in [0.05, 0.1) is 26.0 Å². The molecule has 0 aliphatic rings. The standard InChI is InChI=1S/C4H10BrN.BrH/c1-6(2)4-3-5;/h3-4H2,1-2H3;1H. The van der Waals surface area contributed by atoms with E-state index in [4.69, 9.17) is 0 Å². The van der Waals surface area contributed by atoms with E-state index in [9.17, 15) is 0 Å². The van der Waals surface area contributed by atoms with Crippen molar-refractivity contribution in [3.8, 4) is 0 Å². The Balaban J connectivity index is 0. The Hall–Kier alpha value is 0.920. The first kappa shape index (κ1) is 10.8. The van der Waals surface area contributed by atoms with Gasteiger partial charge >= 0.3 is 0 Å². The van der Waals surface area contributed by atoms with E-state index < -0.39 is 0 Å². The fraction of sp³-hybridized carbons (Fsp3) is 1.00. The lowest BCUT2D eigenvalue weighted by molar-refractivity contribution is -0.855. The van der Waals surface area contributed by atoms with E-state index in [1.807, 2.05) is 0 Å². The highest BCUT2D eigenvalue weighted by Crippen LogP contribution is 1.68. The number of hydrogen-bond donors (Lipinski definition) is 1. The molecule has 3 heteroatoms. The molecule has 0 aromatic rings. The van der Waals surface area contributed by atoms with Crippen LogP contribution in [-0.4, -0.2) is 26.0 Å². The topological polar surface area (TPSA) is 4.44 Å². The van der Waals surface area contributed by atoms with Crippen molar-refractivity contribution < 1.29 is 21.9 Å². The summed E-state index contributed by atoms with van der Waals surface area (Å²) in [6.45, 7) is 1.21. The fourth-order valence-electron chi connectivity index (χ4n) is 0.189. The van der Waals surface area contributed by atoms with Crippen LogP contribution < -0.4 is 21.9 Å². The van der Waals surface area contributed by atoms with Gasteiger partial charge in [0, 0.05) is 0 Å². The fourth-order valence-corrected chi connectivity index (χ4v) is 0.982. The van der Waals surface area contributed by atoms with Gasteiger partial charge in [-0.05, 0) is 0 Å². The number of rotatable bonds is 2. The summed E-state index contributed by atoms with van der Waals surface area (Å²) in [6.07, 6.45) is 0. The second-order valence-electron chi connectivity index (χ2n) is 1.65. The van der Waals surface area contributed by atoms with Crippen molar-refractivity contribution in [2.45, 2.75) is 0 Å². The van der Waals surface area contributed by atoms with E-state index in [1.54, 1.807) is 0 Å². The molecule has 46 valence electrons. The molecule has 0 radical (unpaired) electrons. The van der Waals surface area contributed by atoms with Gasteiger partial charge in [-0.3, -0.25) is 0 Å². The molecule has 1 N–H and O–H groups in total. The second kappa shape index (κ2) is 6.92. The molecule has 0 atom stereocenters. The molecule has 0 fully saturated rings. The number of alkyl halides is 1. The zero-order valence-electron chi connectivity index (χ0n) is 4.67. The highest BCUT2D eigenvalue weighted by molar-refractivity contribution is 9.09. The quantitative estimate of drug-likeness (QED) is 0.473. The Morgan fingerprint density at radius 3 is 1.86 bits per heavy atom. The summed E-state index contributed by atoms with van der Waals surface area (Å²) in [7, 11) is 4.28. The van der Waals surface area contributed by atoms with Crippen molar-refractivity contribution in [3.63, 3.8) is 0 Å². The van der Waals surface area contributed by atoms with Gasteiger partial charge in [0.1, 0.15) is 0 Å². The maximum absolute atomic E-state index is 3.33. The van der Waals surface area contributed by atoms with Crippen molar-refractivity contribution in [1.29, 1.82) is 0 Å². The van der Waals surface area contributed by atoms with Gasteiger partial charge in [-0.2, -0.15) is 0 Å². The Labute approximate surface area is 64.0 Å². The summed E-state index contributed by atoms with van der Waals surface area (Å²) in [4.78, 5) is 1.49. The average molecular weight is 233 g/mol. The van der Waals surface area contributed by atoms with Crippen LogP contribution in [0.5, 0.6) is 0 Å². The molecule has 0 saturated carbocycles. The minimum Gasteiger partial charge on any atom is -1.00 e. The van der Waals surface area contributed by atoms with Gasteiger partial charge in [-0.15, -0.1) is 0 Å². The summed E-state index contributed by atoms with van der Waals surface area (Å²) in [6, 6.07) is 0. The summed E-state index contributed by atoms with van der Waals surface area (Å²) in [5, 5.41) is 1.11. The van der Waals surface area contributed by atoms with Gasteiger partial charge in [0.2, 0.25) is 0 Å². The Morgan fingerprint density at radius 2 is 1.86 bits per heavy atom. The Kier molecular flexibility index (Phi) is 10.7. The van der Waals surface area contributed by atoms with E-state index in [0.29, 0.717) is 0 Å². The van der Waals surface area contributed by atoms with Crippen LogP contribution in [0.4, 0.5) is 0 Å². The van der Waals surface area contributed by atoms with Crippen LogP contribution in [0.15, 0.2) is 0 Å². The summed E-state index contributed by atoms with van der Waals surface area (Å²) in [5.41, 5.74) is 0. The third-order valence-corrected chi connectivity index (χ3v) is 0.991. The van der Waals surface area contributed by atoms with Crippen LogP contribution in [0.3, 0.4) is 0 Å². The number of quaternary nitrogens is 1. The van der Waals surface area contributed by atoms with Crippen molar-refractivity contribution in [2.75, 3.05) is 26.0 Å². The molecule has 0 aliphatic heterocycles. The van der Waals surface area contributed by atoms with Crippen LogP contribution in [0.25, 0.3) is 0 Å². The van der Waals surface area contributed by atoms with Gasteiger partial charge < -0.3 is 21.9 Å². The van der Waals surface area contributed by atoms with Crippen LogP contribution in [0, 0.1) is 0 Å². The lowest BCUT2D eigenvalue weighted by Gasteiger charge is -2.00. The molecule has 0 heterocycles. The lowest BCUT2D eigenvalue weighted by Crippen LogP contribution is -3.06. The number of hydrogen-bond acceptors (Lipinski definition) is 0. The Bertz CT molecular complexity index is 30.9. The first-order valence-electron chi connectivity index (χ1n) is 2.12. The summed E-state index contributed by atoms with van der Waals surface area (Å²) >= 11 is 3.33. The van der Waals surface area contributed by atoms with Gasteiger partial charge in [0.25, 0.3) is 0 Å². The van der Waals surface area contributed by atoms with Crippen LogP contribution in [0.1, 0.15) is 0 Å². The smallest absolute Gasteiger partial charge is 0.0865 e. The zero-order chi connectivity index (χ0) is 4.99. The molecule has 0 amide bonds. The molecule has 7 heavy (non-hydrogen) atoms. The minimum absolute atomic E-state index is 0. The molecule has 0 aliphatic carbocycles. The van der Waals surface area contributed by atoms with Crippen molar-refractivity contribution in [3.05, 3.63) is 0 Å². The summed E-state index contributed by atoms with van der Waals surface area (Å²) in [5.74, 6) is 0. The van der Waals surface area contributed by atoms with Crippen molar-refractivity contribution in [2.24, 2.45) is 0 Å². The molecular weight excluding hydrogens is 222 g/mol. The third kappa shape index (κ3) is 10.9. The average Bonchev–Trinajstić information content (AvgIpc) is 1.35. The summed E-state index contributed by atoms with van der Waals surface area (Å²) < 4.78 is 0.